The highest BCUT2D eigenvalue weighted by Gasteiger charge is 2.18. The molecular formula is C17H35NO. The molecule has 0 heterocycles. The van der Waals surface area contributed by atoms with E-state index in [0.29, 0.717) is 6.10 Å². The molecule has 114 valence electrons. The molecule has 0 spiro atoms. The second-order valence-corrected chi connectivity index (χ2v) is 6.19. The van der Waals surface area contributed by atoms with Gasteiger partial charge < -0.3 is 10.5 Å². The molecule has 1 aliphatic carbocycles. The zero-order chi connectivity index (χ0) is 13.8. The molecule has 0 aliphatic heterocycles. The van der Waals surface area contributed by atoms with E-state index in [-0.39, 0.29) is 6.04 Å². The van der Waals surface area contributed by atoms with E-state index in [0.717, 1.165) is 13.0 Å². The molecular weight excluding hydrogens is 234 g/mol. The number of ether oxygens (including phenoxy) is 1. The summed E-state index contributed by atoms with van der Waals surface area (Å²) in [6.07, 6.45) is 17.3. The first-order valence-electron chi connectivity index (χ1n) is 8.71. The second kappa shape index (κ2) is 11.7. The van der Waals surface area contributed by atoms with E-state index in [4.69, 9.17) is 10.5 Å². The van der Waals surface area contributed by atoms with E-state index in [1.54, 1.807) is 0 Å². The summed E-state index contributed by atoms with van der Waals surface area (Å²) in [4.78, 5) is 0. The Hall–Kier alpha value is -0.0800. The Balaban J connectivity index is 2.29. The van der Waals surface area contributed by atoms with Crippen molar-refractivity contribution in [1.29, 1.82) is 0 Å². The maximum atomic E-state index is 6.35. The molecule has 2 heteroatoms. The van der Waals surface area contributed by atoms with Crippen LogP contribution in [-0.2, 0) is 4.74 Å². The van der Waals surface area contributed by atoms with Gasteiger partial charge in [-0.2, -0.15) is 0 Å². The summed E-state index contributed by atoms with van der Waals surface area (Å²) in [5.41, 5.74) is 6.35. The largest absolute Gasteiger partial charge is 0.377 e. The summed E-state index contributed by atoms with van der Waals surface area (Å²) in [6, 6.07) is 0.265. The van der Waals surface area contributed by atoms with Gasteiger partial charge in [0, 0.05) is 12.6 Å². The summed E-state index contributed by atoms with van der Waals surface area (Å²) in [6.45, 7) is 3.15. The molecule has 0 saturated heterocycles. The average Bonchev–Trinajstić information content (AvgIpc) is 2.41. The first-order valence-corrected chi connectivity index (χ1v) is 8.71. The Morgan fingerprint density at radius 1 is 0.842 bits per heavy atom. The lowest BCUT2D eigenvalue weighted by molar-refractivity contribution is 0.0235. The molecule has 2 unspecified atom stereocenters. The quantitative estimate of drug-likeness (QED) is 0.727. The number of unbranched alkanes of at least 4 members (excludes halogenated alkanes) is 2. The summed E-state index contributed by atoms with van der Waals surface area (Å²) in [7, 11) is 0. The molecule has 1 fully saturated rings. The Kier molecular flexibility index (Phi) is 10.5. The van der Waals surface area contributed by atoms with Crippen molar-refractivity contribution in [2.24, 2.45) is 5.73 Å². The number of nitrogens with two attached hydrogens (primary N) is 1. The van der Waals surface area contributed by atoms with Crippen LogP contribution in [-0.4, -0.2) is 18.8 Å². The van der Waals surface area contributed by atoms with Crippen molar-refractivity contribution in [2.45, 2.75) is 103 Å². The third-order valence-electron chi connectivity index (χ3n) is 4.33. The van der Waals surface area contributed by atoms with Gasteiger partial charge in [0.25, 0.3) is 0 Å². The number of hydrogen-bond donors (Lipinski definition) is 1. The number of rotatable bonds is 5. The van der Waals surface area contributed by atoms with Crippen molar-refractivity contribution in [3.8, 4) is 0 Å². The van der Waals surface area contributed by atoms with Crippen LogP contribution in [0.15, 0.2) is 0 Å². The minimum absolute atomic E-state index is 0.265. The van der Waals surface area contributed by atoms with E-state index in [1.165, 1.54) is 77.0 Å². The van der Waals surface area contributed by atoms with Crippen molar-refractivity contribution in [3.05, 3.63) is 0 Å². The Bertz CT molecular complexity index is 194. The van der Waals surface area contributed by atoms with Crippen molar-refractivity contribution in [3.63, 3.8) is 0 Å². The summed E-state index contributed by atoms with van der Waals surface area (Å²) >= 11 is 0. The summed E-state index contributed by atoms with van der Waals surface area (Å²) in [5.74, 6) is 0. The van der Waals surface area contributed by atoms with Crippen LogP contribution in [0.25, 0.3) is 0 Å². The molecule has 0 radical (unpaired) electrons. The maximum Gasteiger partial charge on any atom is 0.0725 e. The zero-order valence-corrected chi connectivity index (χ0v) is 13.0. The molecule has 1 saturated carbocycles. The van der Waals surface area contributed by atoms with Crippen molar-refractivity contribution in [1.82, 2.24) is 0 Å². The van der Waals surface area contributed by atoms with Gasteiger partial charge >= 0.3 is 0 Å². The fourth-order valence-electron chi connectivity index (χ4n) is 2.98. The van der Waals surface area contributed by atoms with Gasteiger partial charge in [0.1, 0.15) is 0 Å². The van der Waals surface area contributed by atoms with E-state index in [9.17, 15) is 0 Å². The van der Waals surface area contributed by atoms with Crippen LogP contribution >= 0.6 is 0 Å². The highest BCUT2D eigenvalue weighted by atomic mass is 16.5. The smallest absolute Gasteiger partial charge is 0.0725 e. The minimum atomic E-state index is 0.265. The van der Waals surface area contributed by atoms with Gasteiger partial charge in [0.15, 0.2) is 0 Å². The monoisotopic (exact) mass is 269 g/mol. The molecule has 0 amide bonds. The van der Waals surface area contributed by atoms with Gasteiger partial charge in [-0.25, -0.2) is 0 Å². The average molecular weight is 269 g/mol. The standard InChI is InChI=1S/C17H35NO/c1-2-3-12-15-19-17-14-11-9-7-5-4-6-8-10-13-16(17)18/h16-17H,2-15,18H2,1H3. The van der Waals surface area contributed by atoms with Crippen molar-refractivity contribution < 1.29 is 4.74 Å². The fraction of sp³-hybridized carbons (Fsp3) is 1.00. The Labute approximate surface area is 120 Å². The molecule has 0 bridgehead atoms. The van der Waals surface area contributed by atoms with Crippen LogP contribution in [0, 0.1) is 0 Å². The van der Waals surface area contributed by atoms with Crippen molar-refractivity contribution >= 4 is 0 Å². The summed E-state index contributed by atoms with van der Waals surface area (Å²) in [5, 5.41) is 0. The fourth-order valence-corrected chi connectivity index (χ4v) is 2.98. The van der Waals surface area contributed by atoms with Gasteiger partial charge in [0.2, 0.25) is 0 Å². The lowest BCUT2D eigenvalue weighted by Gasteiger charge is -2.25. The maximum absolute atomic E-state index is 6.35. The molecule has 2 atom stereocenters. The van der Waals surface area contributed by atoms with E-state index < -0.39 is 0 Å². The van der Waals surface area contributed by atoms with Crippen LogP contribution in [0.5, 0.6) is 0 Å². The van der Waals surface area contributed by atoms with E-state index in [1.807, 2.05) is 0 Å². The predicted octanol–water partition coefficient (Wildman–Crippen LogP) is 4.80. The molecule has 1 rings (SSSR count). The first-order chi connectivity index (χ1) is 9.34. The SMILES string of the molecule is CCCCCOC1CCCCCCCCCCC1N. The van der Waals surface area contributed by atoms with Crippen molar-refractivity contribution in [2.75, 3.05) is 6.61 Å². The third-order valence-corrected chi connectivity index (χ3v) is 4.33. The molecule has 19 heavy (non-hydrogen) atoms. The highest BCUT2D eigenvalue weighted by Crippen LogP contribution is 2.18. The van der Waals surface area contributed by atoms with Crippen LogP contribution in [0.3, 0.4) is 0 Å². The van der Waals surface area contributed by atoms with E-state index in [2.05, 4.69) is 6.92 Å². The first kappa shape index (κ1) is 17.0. The van der Waals surface area contributed by atoms with Crippen LogP contribution < -0.4 is 5.73 Å². The molecule has 0 aromatic rings. The minimum Gasteiger partial charge on any atom is -0.377 e. The topological polar surface area (TPSA) is 35.2 Å². The molecule has 0 aromatic heterocycles. The van der Waals surface area contributed by atoms with Crippen LogP contribution in [0.1, 0.15) is 90.4 Å². The molecule has 2 N–H and O–H groups in total. The van der Waals surface area contributed by atoms with Crippen LogP contribution in [0.4, 0.5) is 0 Å². The lowest BCUT2D eigenvalue weighted by atomic mass is 9.96. The van der Waals surface area contributed by atoms with E-state index >= 15 is 0 Å². The second-order valence-electron chi connectivity index (χ2n) is 6.19. The Morgan fingerprint density at radius 2 is 1.42 bits per heavy atom. The van der Waals surface area contributed by atoms with Gasteiger partial charge in [-0.1, -0.05) is 71.1 Å². The van der Waals surface area contributed by atoms with Gasteiger partial charge in [0.05, 0.1) is 6.10 Å². The van der Waals surface area contributed by atoms with Crippen LogP contribution in [0.2, 0.25) is 0 Å². The van der Waals surface area contributed by atoms with Gasteiger partial charge in [-0.3, -0.25) is 0 Å². The molecule has 0 aromatic carbocycles. The summed E-state index contributed by atoms with van der Waals surface area (Å²) < 4.78 is 6.08. The zero-order valence-electron chi connectivity index (χ0n) is 13.0. The Morgan fingerprint density at radius 3 is 2.05 bits per heavy atom. The van der Waals surface area contributed by atoms with Gasteiger partial charge in [-0.05, 0) is 19.3 Å². The molecule has 2 nitrogen and oxygen atoms in total. The van der Waals surface area contributed by atoms with Gasteiger partial charge in [-0.15, -0.1) is 0 Å². The predicted molar refractivity (Wildman–Crippen MR) is 83.4 cm³/mol. The third kappa shape index (κ3) is 8.65. The normalized spacial score (nSPS) is 27.5. The molecule has 1 aliphatic rings. The lowest BCUT2D eigenvalue weighted by Crippen LogP contribution is -2.37. The highest BCUT2D eigenvalue weighted by molar-refractivity contribution is 4.74. The number of hydrogen-bond acceptors (Lipinski definition) is 2.